The molecule has 0 bridgehead atoms. The molecule has 6 heteroatoms. The summed E-state index contributed by atoms with van der Waals surface area (Å²) in [5, 5.41) is 7.35. The molecule has 1 aromatic heterocycles. The largest absolute Gasteiger partial charge is 0.338 e. The molecule has 1 saturated carbocycles. The van der Waals surface area contributed by atoms with Crippen molar-refractivity contribution in [3.8, 4) is 11.4 Å². The van der Waals surface area contributed by atoms with Gasteiger partial charge >= 0.3 is 0 Å². The third-order valence-corrected chi connectivity index (χ3v) is 4.82. The van der Waals surface area contributed by atoms with E-state index in [-0.39, 0.29) is 5.41 Å². The van der Waals surface area contributed by atoms with E-state index < -0.39 is 11.6 Å². The summed E-state index contributed by atoms with van der Waals surface area (Å²) in [4.78, 5) is 4.46. The van der Waals surface area contributed by atoms with E-state index >= 15 is 0 Å². The van der Waals surface area contributed by atoms with E-state index in [0.717, 1.165) is 44.5 Å². The molecule has 0 unspecified atom stereocenters. The summed E-state index contributed by atoms with van der Waals surface area (Å²) in [6.45, 7) is 1.82. The van der Waals surface area contributed by atoms with Gasteiger partial charge in [0.1, 0.15) is 0 Å². The molecule has 1 N–H and O–H groups in total. The van der Waals surface area contributed by atoms with Crippen molar-refractivity contribution in [3.63, 3.8) is 0 Å². The Morgan fingerprint density at radius 3 is 3.05 bits per heavy atom. The van der Waals surface area contributed by atoms with Gasteiger partial charge in [-0.2, -0.15) is 4.98 Å². The molecule has 0 radical (unpaired) electrons. The van der Waals surface area contributed by atoms with Crippen molar-refractivity contribution >= 4 is 0 Å². The molecule has 0 spiro atoms. The van der Waals surface area contributed by atoms with Gasteiger partial charge in [0.25, 0.3) is 0 Å². The van der Waals surface area contributed by atoms with E-state index in [2.05, 4.69) is 15.5 Å². The predicted molar refractivity (Wildman–Crippen MR) is 71.5 cm³/mol. The van der Waals surface area contributed by atoms with Crippen molar-refractivity contribution in [1.29, 1.82) is 0 Å². The molecule has 2 heterocycles. The smallest absolute Gasteiger partial charge is 0.234 e. The highest BCUT2D eigenvalue weighted by Gasteiger charge is 2.51. The summed E-state index contributed by atoms with van der Waals surface area (Å²) in [6, 6.07) is 3.64. The van der Waals surface area contributed by atoms with Gasteiger partial charge in [0.15, 0.2) is 11.6 Å². The second-order valence-corrected chi connectivity index (χ2v) is 5.93. The Labute approximate surface area is 120 Å². The van der Waals surface area contributed by atoms with Crippen LogP contribution in [0.25, 0.3) is 11.4 Å². The van der Waals surface area contributed by atoms with Crippen LogP contribution in [0, 0.1) is 17.6 Å². The molecule has 1 saturated heterocycles. The predicted octanol–water partition coefficient (Wildman–Crippen LogP) is 2.66. The van der Waals surface area contributed by atoms with Crippen LogP contribution in [0.5, 0.6) is 0 Å². The van der Waals surface area contributed by atoms with Gasteiger partial charge in [-0.15, -0.1) is 0 Å². The van der Waals surface area contributed by atoms with Gasteiger partial charge in [-0.05, 0) is 43.5 Å². The molecule has 4 rings (SSSR count). The number of rotatable bonds is 2. The van der Waals surface area contributed by atoms with Crippen molar-refractivity contribution in [2.75, 3.05) is 13.1 Å². The lowest BCUT2D eigenvalue weighted by Crippen LogP contribution is -2.31. The van der Waals surface area contributed by atoms with Crippen LogP contribution in [0.1, 0.15) is 25.2 Å². The third-order valence-electron chi connectivity index (χ3n) is 4.82. The quantitative estimate of drug-likeness (QED) is 0.924. The molecule has 1 aliphatic heterocycles. The first-order valence-electron chi connectivity index (χ1n) is 7.19. The summed E-state index contributed by atoms with van der Waals surface area (Å²) < 4.78 is 31.8. The monoisotopic (exact) mass is 291 g/mol. The fourth-order valence-corrected chi connectivity index (χ4v) is 3.68. The Kier molecular flexibility index (Phi) is 2.82. The first-order valence-corrected chi connectivity index (χ1v) is 7.19. The van der Waals surface area contributed by atoms with Crippen LogP contribution in [-0.4, -0.2) is 23.2 Å². The van der Waals surface area contributed by atoms with Crippen LogP contribution in [0.3, 0.4) is 0 Å². The normalized spacial score (nSPS) is 28.0. The molecule has 1 aromatic carbocycles. The zero-order valence-corrected chi connectivity index (χ0v) is 11.4. The number of halogens is 2. The number of aromatic nitrogens is 2. The van der Waals surface area contributed by atoms with Crippen molar-refractivity contribution in [2.45, 2.75) is 24.7 Å². The number of hydrogen-bond acceptors (Lipinski definition) is 4. The van der Waals surface area contributed by atoms with Gasteiger partial charge < -0.3 is 9.84 Å². The molecule has 1 aliphatic carbocycles. The van der Waals surface area contributed by atoms with Crippen LogP contribution in [0.2, 0.25) is 0 Å². The van der Waals surface area contributed by atoms with Crippen molar-refractivity contribution in [3.05, 3.63) is 35.7 Å². The van der Waals surface area contributed by atoms with E-state index in [1.165, 1.54) is 6.07 Å². The fourth-order valence-electron chi connectivity index (χ4n) is 3.68. The lowest BCUT2D eigenvalue weighted by Gasteiger charge is -2.22. The van der Waals surface area contributed by atoms with Crippen LogP contribution in [-0.2, 0) is 5.41 Å². The average Bonchev–Trinajstić information content (AvgIpc) is 3.14. The Morgan fingerprint density at radius 1 is 1.29 bits per heavy atom. The van der Waals surface area contributed by atoms with Gasteiger partial charge in [0.2, 0.25) is 11.7 Å². The van der Waals surface area contributed by atoms with Gasteiger partial charge in [0.05, 0.1) is 5.41 Å². The topological polar surface area (TPSA) is 51.0 Å². The molecular formula is C15H15F2N3O. The molecule has 2 atom stereocenters. The molecule has 0 amide bonds. The van der Waals surface area contributed by atoms with Gasteiger partial charge in [-0.1, -0.05) is 11.6 Å². The van der Waals surface area contributed by atoms with Crippen LogP contribution >= 0.6 is 0 Å². The molecule has 2 aromatic rings. The maximum atomic E-state index is 13.3. The summed E-state index contributed by atoms with van der Waals surface area (Å²) >= 11 is 0. The Balaban J connectivity index is 1.71. The maximum absolute atomic E-state index is 13.3. The fraction of sp³-hybridized carbons (Fsp3) is 0.467. The minimum atomic E-state index is -0.904. The molecule has 110 valence electrons. The number of fused-ring (bicyclic) bond motifs is 1. The molecule has 21 heavy (non-hydrogen) atoms. The summed E-state index contributed by atoms with van der Waals surface area (Å²) in [5.74, 6) is -0.323. The molecule has 2 fully saturated rings. The average molecular weight is 291 g/mol. The number of benzene rings is 1. The first kappa shape index (κ1) is 12.9. The zero-order chi connectivity index (χ0) is 14.4. The molecular weight excluding hydrogens is 276 g/mol. The van der Waals surface area contributed by atoms with Gasteiger partial charge in [-0.3, -0.25) is 0 Å². The minimum absolute atomic E-state index is 0.0795. The summed E-state index contributed by atoms with van der Waals surface area (Å²) in [7, 11) is 0. The summed E-state index contributed by atoms with van der Waals surface area (Å²) in [6.07, 6.45) is 3.36. The number of hydrogen-bond donors (Lipinski definition) is 1. The lowest BCUT2D eigenvalue weighted by molar-refractivity contribution is 0.265. The minimum Gasteiger partial charge on any atom is -0.338 e. The van der Waals surface area contributed by atoms with Gasteiger partial charge in [-0.25, -0.2) is 8.78 Å². The van der Waals surface area contributed by atoms with Crippen molar-refractivity contribution in [1.82, 2.24) is 15.5 Å². The summed E-state index contributed by atoms with van der Waals surface area (Å²) in [5.41, 5.74) is 0.352. The highest BCUT2D eigenvalue weighted by atomic mass is 19.2. The molecule has 2 aliphatic rings. The van der Waals surface area contributed by atoms with E-state index in [9.17, 15) is 8.78 Å². The Hall–Kier alpha value is -1.82. The van der Waals surface area contributed by atoms with Crippen molar-refractivity contribution in [2.24, 2.45) is 5.92 Å². The second-order valence-electron chi connectivity index (χ2n) is 5.93. The van der Waals surface area contributed by atoms with Crippen molar-refractivity contribution < 1.29 is 13.3 Å². The highest BCUT2D eigenvalue weighted by molar-refractivity contribution is 5.54. The van der Waals surface area contributed by atoms with Crippen LogP contribution in [0.4, 0.5) is 8.78 Å². The van der Waals surface area contributed by atoms with Gasteiger partial charge in [0, 0.05) is 12.1 Å². The second kappa shape index (κ2) is 4.59. The number of nitrogens with one attached hydrogen (secondary N) is 1. The van der Waals surface area contributed by atoms with E-state index in [4.69, 9.17) is 4.52 Å². The van der Waals surface area contributed by atoms with E-state index in [1.807, 2.05) is 0 Å². The third kappa shape index (κ3) is 1.89. The lowest BCUT2D eigenvalue weighted by atomic mass is 9.80. The van der Waals surface area contributed by atoms with E-state index in [0.29, 0.717) is 23.2 Å². The van der Waals surface area contributed by atoms with E-state index in [1.54, 1.807) is 0 Å². The number of nitrogens with zero attached hydrogens (tertiary/aromatic N) is 2. The standard InChI is InChI=1S/C15H15F2N3O/c16-11-4-3-9(6-12(11)17)13-19-14(21-20-13)15-5-1-2-10(15)7-18-8-15/h3-4,6,10,18H,1-2,5,7-8H2/t10-,15-/m1/s1. The highest BCUT2D eigenvalue weighted by Crippen LogP contribution is 2.47. The zero-order valence-electron chi connectivity index (χ0n) is 11.4. The van der Waals surface area contributed by atoms with Crippen LogP contribution < -0.4 is 5.32 Å². The SMILES string of the molecule is Fc1ccc(-c2noc([C@@]34CCC[C@@H]3CNC4)n2)cc1F. The Morgan fingerprint density at radius 2 is 2.19 bits per heavy atom. The van der Waals surface area contributed by atoms with Crippen LogP contribution in [0.15, 0.2) is 22.7 Å². The Bertz CT molecular complexity index is 675. The molecule has 4 nitrogen and oxygen atoms in total. The first-order chi connectivity index (χ1) is 10.2. The maximum Gasteiger partial charge on any atom is 0.234 e.